The van der Waals surface area contributed by atoms with Crippen LogP contribution in [0.4, 0.5) is 5.82 Å². The molecule has 228 valence electrons. The maximum absolute atomic E-state index is 14.4. The minimum absolute atomic E-state index is 0.0386. The second-order valence-electron chi connectivity index (χ2n) is 10.2. The van der Waals surface area contributed by atoms with Crippen LogP contribution in [0.25, 0.3) is 11.2 Å². The number of halogens is 1. The molecule has 2 aromatic carbocycles. The zero-order valence-corrected chi connectivity index (χ0v) is 25.1. The number of hydrogen-bond donors (Lipinski definition) is 3. The largest absolute Gasteiger partial charge is 0.460 e. The van der Waals surface area contributed by atoms with E-state index in [4.69, 9.17) is 35.9 Å². The number of carbonyl (C=O) groups excluding carboxylic acids is 1. The lowest BCUT2D eigenvalue weighted by Gasteiger charge is -2.29. The van der Waals surface area contributed by atoms with Crippen LogP contribution in [0.1, 0.15) is 32.1 Å². The molecule has 13 nitrogen and oxygen atoms in total. The van der Waals surface area contributed by atoms with Gasteiger partial charge in [0.15, 0.2) is 11.5 Å². The smallest absolute Gasteiger partial charge is 0.459 e. The molecule has 0 bridgehead atoms. The number of ether oxygens (including phenoxy) is 2. The molecular weight excluding hydrogens is 599 g/mol. The molecule has 43 heavy (non-hydrogen) atoms. The Balaban J connectivity index is 1.39. The molecule has 1 aliphatic heterocycles. The molecule has 4 aromatic rings. The van der Waals surface area contributed by atoms with Crippen LogP contribution in [0.15, 0.2) is 67.0 Å². The Morgan fingerprint density at radius 1 is 1.19 bits per heavy atom. The number of nitrogens with one attached hydrogen (secondary N) is 1. The first-order valence-electron chi connectivity index (χ1n) is 13.6. The van der Waals surface area contributed by atoms with Crippen molar-refractivity contribution in [3.63, 3.8) is 0 Å². The number of carbonyl (C=O) groups is 1. The minimum atomic E-state index is -4.30. The third-order valence-corrected chi connectivity index (χ3v) is 8.54. The molecule has 5 atom stereocenters. The quantitative estimate of drug-likeness (QED) is 0.115. The fraction of sp³-hybridized carbons (Fsp3) is 0.357. The molecule has 0 aliphatic carbocycles. The Morgan fingerprint density at radius 2 is 1.88 bits per heavy atom. The summed E-state index contributed by atoms with van der Waals surface area (Å²) in [6.45, 7) is 3.14. The first-order valence-corrected chi connectivity index (χ1v) is 15.5. The number of nitrogen functional groups attached to an aromatic ring is 1. The highest BCUT2D eigenvalue weighted by molar-refractivity contribution is 7.52. The van der Waals surface area contributed by atoms with Crippen LogP contribution in [0.2, 0.25) is 5.28 Å². The summed E-state index contributed by atoms with van der Waals surface area (Å²) in [7, 11) is -4.30. The summed E-state index contributed by atoms with van der Waals surface area (Å²) in [5.74, 6) is -0.635. The van der Waals surface area contributed by atoms with Crippen molar-refractivity contribution in [1.82, 2.24) is 24.6 Å². The second kappa shape index (κ2) is 13.4. The number of hydrogen-bond acceptors (Lipinski definition) is 11. The van der Waals surface area contributed by atoms with Crippen LogP contribution in [0, 0.1) is 5.92 Å². The molecule has 4 N–H and O–H groups in total. The van der Waals surface area contributed by atoms with E-state index in [2.05, 4.69) is 20.0 Å². The number of imidazole rings is 1. The van der Waals surface area contributed by atoms with Gasteiger partial charge in [0.1, 0.15) is 42.4 Å². The highest BCUT2D eigenvalue weighted by atomic mass is 35.5. The molecule has 1 fully saturated rings. The number of para-hydroxylation sites is 1. The first kappa shape index (κ1) is 30.9. The van der Waals surface area contributed by atoms with Crippen molar-refractivity contribution in [2.24, 2.45) is 5.92 Å². The van der Waals surface area contributed by atoms with Gasteiger partial charge in [-0.2, -0.15) is 15.1 Å². The number of rotatable bonds is 12. The predicted octanol–water partition coefficient (Wildman–Crippen LogP) is 4.27. The first-order chi connectivity index (χ1) is 20.7. The number of nitrogens with zero attached hydrogens (tertiary/aromatic N) is 4. The number of esters is 1. The van der Waals surface area contributed by atoms with E-state index in [-0.39, 0.29) is 35.8 Å². The van der Waals surface area contributed by atoms with Crippen molar-refractivity contribution < 1.29 is 33.0 Å². The third-order valence-electron chi connectivity index (χ3n) is 6.78. The number of fused-ring (bicyclic) bond motifs is 1. The van der Waals surface area contributed by atoms with Gasteiger partial charge >= 0.3 is 13.7 Å². The fourth-order valence-corrected chi connectivity index (χ4v) is 6.66. The van der Waals surface area contributed by atoms with E-state index in [0.29, 0.717) is 11.2 Å². The van der Waals surface area contributed by atoms with Crippen LogP contribution >= 0.6 is 19.3 Å². The van der Waals surface area contributed by atoms with Gasteiger partial charge in [-0.25, -0.2) is 9.55 Å². The van der Waals surface area contributed by atoms with Crippen molar-refractivity contribution >= 4 is 42.3 Å². The van der Waals surface area contributed by atoms with E-state index >= 15 is 0 Å². The Bertz CT molecular complexity index is 1590. The average molecular weight is 631 g/mol. The normalized spacial score (nSPS) is 20.6. The molecule has 5 rings (SSSR count). The van der Waals surface area contributed by atoms with Gasteiger partial charge in [-0.15, -0.1) is 0 Å². The van der Waals surface area contributed by atoms with Gasteiger partial charge in [0, 0.05) is 6.42 Å². The zero-order chi connectivity index (χ0) is 30.6. The summed E-state index contributed by atoms with van der Waals surface area (Å²) >= 11 is 6.02. The number of benzene rings is 2. The molecule has 0 saturated carbocycles. The Kier molecular flexibility index (Phi) is 9.60. The van der Waals surface area contributed by atoms with E-state index in [1.165, 1.54) is 6.33 Å². The van der Waals surface area contributed by atoms with Crippen molar-refractivity contribution in [2.45, 2.75) is 51.4 Å². The average Bonchev–Trinajstić information content (AvgIpc) is 3.59. The summed E-state index contributed by atoms with van der Waals surface area (Å²) in [6.07, 6.45) is -0.998. The summed E-state index contributed by atoms with van der Waals surface area (Å²) < 4.78 is 39.6. The standard InChI is InChI=1S/C28H32ClN6O7P/c1-17(2)23(27(37)39-15-18-9-5-3-6-10-18)34-43(38,41-19-11-7-4-8-12-19)42-20-13-22(40-21(20)14-36)35-16-31-24-25(30)32-28(29)33-26(24)35/h3-12,16-17,20-23,36H,13-15H2,1-2H3,(H,34,38)(H2,30,32,33)/t20-,21-,22-,23+,43?/m1/s1. The highest BCUT2D eigenvalue weighted by Crippen LogP contribution is 2.50. The lowest BCUT2D eigenvalue weighted by Crippen LogP contribution is -2.42. The highest BCUT2D eigenvalue weighted by Gasteiger charge is 2.45. The molecule has 1 saturated heterocycles. The van der Waals surface area contributed by atoms with Crippen LogP contribution in [-0.4, -0.2) is 55.5 Å². The fourth-order valence-electron chi connectivity index (χ4n) is 4.61. The molecule has 1 unspecified atom stereocenters. The predicted molar refractivity (Wildman–Crippen MR) is 158 cm³/mol. The van der Waals surface area contributed by atoms with Gasteiger partial charge in [-0.3, -0.25) is 13.9 Å². The van der Waals surface area contributed by atoms with Crippen molar-refractivity contribution in [3.8, 4) is 5.75 Å². The minimum Gasteiger partial charge on any atom is -0.460 e. The maximum atomic E-state index is 14.4. The summed E-state index contributed by atoms with van der Waals surface area (Å²) in [5.41, 5.74) is 7.39. The summed E-state index contributed by atoms with van der Waals surface area (Å²) in [6, 6.07) is 16.6. The topological polar surface area (TPSA) is 173 Å². The Hall–Kier alpha value is -3.58. The van der Waals surface area contributed by atoms with E-state index in [1.807, 2.05) is 30.3 Å². The number of aliphatic hydroxyl groups excluding tert-OH is 1. The summed E-state index contributed by atoms with van der Waals surface area (Å²) in [4.78, 5) is 25.6. The lowest BCUT2D eigenvalue weighted by molar-refractivity contribution is -0.148. The number of anilines is 1. The van der Waals surface area contributed by atoms with Gasteiger partial charge in [0.2, 0.25) is 5.28 Å². The van der Waals surface area contributed by atoms with Gasteiger partial charge in [0.25, 0.3) is 0 Å². The van der Waals surface area contributed by atoms with Crippen molar-refractivity contribution in [2.75, 3.05) is 12.3 Å². The van der Waals surface area contributed by atoms with Crippen molar-refractivity contribution in [3.05, 3.63) is 77.8 Å². The molecular formula is C28H32ClN6O7P. The van der Waals surface area contributed by atoms with Crippen LogP contribution in [0.3, 0.4) is 0 Å². The van der Waals surface area contributed by atoms with E-state index < -0.39 is 44.8 Å². The number of aromatic nitrogens is 4. The van der Waals surface area contributed by atoms with Gasteiger partial charge in [-0.1, -0.05) is 62.4 Å². The maximum Gasteiger partial charge on any atom is 0.459 e. The van der Waals surface area contributed by atoms with Crippen molar-refractivity contribution in [1.29, 1.82) is 0 Å². The molecule has 0 spiro atoms. The molecule has 15 heteroatoms. The molecule has 0 amide bonds. The molecule has 0 radical (unpaired) electrons. The summed E-state index contributed by atoms with van der Waals surface area (Å²) in [5, 5.41) is 12.9. The molecule has 3 heterocycles. The third kappa shape index (κ3) is 7.32. The Labute approximate surface area is 252 Å². The van der Waals surface area contributed by atoms with E-state index in [1.54, 1.807) is 48.7 Å². The second-order valence-corrected chi connectivity index (χ2v) is 12.2. The monoisotopic (exact) mass is 630 g/mol. The van der Waals surface area contributed by atoms with Crippen LogP contribution < -0.4 is 15.3 Å². The van der Waals surface area contributed by atoms with Gasteiger partial charge in [-0.05, 0) is 35.2 Å². The van der Waals surface area contributed by atoms with Gasteiger partial charge in [0.05, 0.1) is 12.9 Å². The molecule has 1 aliphatic rings. The van der Waals surface area contributed by atoms with Crippen LogP contribution in [-0.2, 0) is 30.0 Å². The Morgan fingerprint density at radius 3 is 2.56 bits per heavy atom. The number of aliphatic hydroxyl groups is 1. The number of nitrogens with two attached hydrogens (primary N) is 1. The van der Waals surface area contributed by atoms with Gasteiger partial charge < -0.3 is 24.8 Å². The van der Waals surface area contributed by atoms with E-state index in [0.717, 1.165) is 5.56 Å². The lowest BCUT2D eigenvalue weighted by atomic mass is 10.1. The van der Waals surface area contributed by atoms with E-state index in [9.17, 15) is 14.5 Å². The van der Waals surface area contributed by atoms with Crippen LogP contribution in [0.5, 0.6) is 5.75 Å². The SMILES string of the molecule is CC(C)[C@H](NP(=O)(Oc1ccccc1)O[C@@H]1C[C@H](n2cnc3c(N)nc(Cl)nc32)O[C@@H]1CO)C(=O)OCc1ccccc1. The molecule has 2 aromatic heterocycles. The zero-order valence-electron chi connectivity index (χ0n) is 23.4.